The maximum atomic E-state index is 4.33. The molecule has 0 bridgehead atoms. The first-order valence-corrected chi connectivity index (χ1v) is 9.83. The van der Waals surface area contributed by atoms with E-state index in [-0.39, 0.29) is 0 Å². The Balaban J connectivity index is 2.11. The second-order valence-electron chi connectivity index (χ2n) is 5.61. The zero-order chi connectivity index (χ0) is 17.5. The fraction of sp³-hybridized carbons (Fsp3) is 0. The van der Waals surface area contributed by atoms with Crippen LogP contribution in [0.15, 0.2) is 93.6 Å². The average molecular weight is 366 g/mol. The van der Waals surface area contributed by atoms with Crippen LogP contribution < -0.4 is 0 Å². The fourth-order valence-electron chi connectivity index (χ4n) is 3.51. The van der Waals surface area contributed by atoms with Gasteiger partial charge in [-0.3, -0.25) is 0 Å². The molecule has 130 valence electrons. The number of rotatable bonds is 5. The Morgan fingerprint density at radius 2 is 0.615 bits per heavy atom. The van der Waals surface area contributed by atoms with Crippen LogP contribution in [-0.2, 0) is 0 Å². The molecule has 26 heavy (non-hydrogen) atoms. The monoisotopic (exact) mass is 366 g/mol. The van der Waals surface area contributed by atoms with E-state index >= 15 is 0 Å². The summed E-state index contributed by atoms with van der Waals surface area (Å²) in [4.78, 5) is 21.7. The molecule has 5 aromatic rings. The van der Waals surface area contributed by atoms with Crippen molar-refractivity contribution in [1.82, 2.24) is 46.6 Å². The van der Waals surface area contributed by atoms with Gasteiger partial charge in [0.2, 0.25) is 0 Å². The Hall–Kier alpha value is -3.52. The normalized spacial score (nSPS) is 13.5. The summed E-state index contributed by atoms with van der Waals surface area (Å²) in [6.45, 7) is 0. The number of nitrogens with zero attached hydrogens (tertiary/aromatic N) is 10. The van der Waals surface area contributed by atoms with Gasteiger partial charge in [-0.05, 0) is 0 Å². The van der Waals surface area contributed by atoms with E-state index in [1.165, 1.54) is 0 Å². The third-order valence-electron chi connectivity index (χ3n) is 4.52. The van der Waals surface area contributed by atoms with Gasteiger partial charge in [0.05, 0.1) is 0 Å². The molecule has 0 fully saturated rings. The van der Waals surface area contributed by atoms with Crippen molar-refractivity contribution >= 4 is 7.36 Å². The van der Waals surface area contributed by atoms with Gasteiger partial charge in [0, 0.05) is 0 Å². The molecule has 0 aliphatic heterocycles. The zero-order valence-electron chi connectivity index (χ0n) is 13.6. The summed E-state index contributed by atoms with van der Waals surface area (Å²) in [5, 5.41) is 0. The van der Waals surface area contributed by atoms with Gasteiger partial charge in [0.1, 0.15) is 0 Å². The van der Waals surface area contributed by atoms with Crippen LogP contribution in [0, 0.1) is 0 Å². The van der Waals surface area contributed by atoms with Crippen molar-refractivity contribution in [2.24, 2.45) is 0 Å². The van der Waals surface area contributed by atoms with Crippen molar-refractivity contribution < 1.29 is 0 Å². The first kappa shape index (κ1) is 14.8. The quantitative estimate of drug-likeness (QED) is 0.443. The van der Waals surface area contributed by atoms with Crippen molar-refractivity contribution in [3.05, 3.63) is 93.6 Å². The van der Waals surface area contributed by atoms with E-state index in [1.807, 2.05) is 31.0 Å². The van der Waals surface area contributed by atoms with Crippen LogP contribution >= 0.6 is 7.36 Å². The molecular formula is C15H15N10P. The molecule has 0 N–H and O–H groups in total. The van der Waals surface area contributed by atoms with Gasteiger partial charge in [-0.2, -0.15) is 0 Å². The average Bonchev–Trinajstić information content (AvgIpc) is 3.52. The summed E-state index contributed by atoms with van der Waals surface area (Å²) in [7, 11) is -3.72. The molecule has 0 aliphatic carbocycles. The van der Waals surface area contributed by atoms with Crippen molar-refractivity contribution in [3.63, 3.8) is 0 Å². The van der Waals surface area contributed by atoms with Crippen LogP contribution in [0.1, 0.15) is 0 Å². The van der Waals surface area contributed by atoms with Crippen molar-refractivity contribution in [3.8, 4) is 0 Å². The van der Waals surface area contributed by atoms with E-state index in [9.17, 15) is 0 Å². The number of hydrogen-bond acceptors (Lipinski definition) is 5. The van der Waals surface area contributed by atoms with Gasteiger partial charge in [-0.25, -0.2) is 0 Å². The molecule has 0 spiro atoms. The van der Waals surface area contributed by atoms with Gasteiger partial charge in [-0.1, -0.05) is 0 Å². The van der Waals surface area contributed by atoms with E-state index in [4.69, 9.17) is 0 Å². The van der Waals surface area contributed by atoms with Crippen molar-refractivity contribution in [2.45, 2.75) is 0 Å². The van der Waals surface area contributed by atoms with E-state index in [0.29, 0.717) is 0 Å². The van der Waals surface area contributed by atoms with Crippen LogP contribution in [0.25, 0.3) is 0 Å². The van der Waals surface area contributed by atoms with Gasteiger partial charge in [0.15, 0.2) is 0 Å². The summed E-state index contributed by atoms with van der Waals surface area (Å²) < 4.78 is 10.3. The SMILES string of the molecule is c1cn(P(n2ccnc2)(n2ccnc2)(n2ccnc2)n2ccnc2)cn1. The molecule has 0 radical (unpaired) electrons. The Morgan fingerprint density at radius 3 is 0.769 bits per heavy atom. The standard InChI is InChI=1S/C15H15N10P/c1-6-21(11-16-1)26(22-7-2-17-12-22,23-8-3-18-13-23,24-9-4-19-14-24)25-10-5-20-15-25/h1-15H. The Bertz CT molecular complexity index is 860. The van der Waals surface area contributed by atoms with E-state index < -0.39 is 7.36 Å². The second kappa shape index (κ2) is 5.24. The minimum atomic E-state index is -3.72. The summed E-state index contributed by atoms with van der Waals surface area (Å²) in [6, 6.07) is 0. The first-order valence-electron chi connectivity index (χ1n) is 7.83. The summed E-state index contributed by atoms with van der Waals surface area (Å²) in [5.74, 6) is 0. The predicted molar refractivity (Wildman–Crippen MR) is 95.0 cm³/mol. The zero-order valence-corrected chi connectivity index (χ0v) is 14.5. The molecule has 0 atom stereocenters. The first-order chi connectivity index (χ1) is 12.9. The van der Waals surface area contributed by atoms with Crippen molar-refractivity contribution in [1.29, 1.82) is 0 Å². The molecule has 5 heterocycles. The summed E-state index contributed by atoms with van der Waals surface area (Å²) in [6.07, 6.45) is 27.4. The molecule has 5 aromatic heterocycles. The third kappa shape index (κ3) is 1.52. The molecule has 11 heteroatoms. The van der Waals surface area contributed by atoms with Crippen LogP contribution in [0.5, 0.6) is 0 Å². The molecular weight excluding hydrogens is 351 g/mol. The Morgan fingerprint density at radius 1 is 0.385 bits per heavy atom. The van der Waals surface area contributed by atoms with Crippen LogP contribution in [0.2, 0.25) is 0 Å². The number of imidazole rings is 5. The van der Waals surface area contributed by atoms with Gasteiger partial charge < -0.3 is 0 Å². The van der Waals surface area contributed by atoms with Crippen molar-refractivity contribution in [2.75, 3.05) is 0 Å². The summed E-state index contributed by atoms with van der Waals surface area (Å²) >= 11 is 0. The molecule has 5 rings (SSSR count). The topological polar surface area (TPSA) is 89.1 Å². The van der Waals surface area contributed by atoms with E-state index in [2.05, 4.69) is 46.6 Å². The summed E-state index contributed by atoms with van der Waals surface area (Å²) in [5.41, 5.74) is 0. The van der Waals surface area contributed by atoms with Crippen LogP contribution in [0.3, 0.4) is 0 Å². The number of hydrogen-bond donors (Lipinski definition) is 0. The minimum absolute atomic E-state index is 1.75. The van der Waals surface area contributed by atoms with E-state index in [1.54, 1.807) is 62.6 Å². The Labute approximate surface area is 148 Å². The molecule has 0 amide bonds. The molecule has 0 aromatic carbocycles. The van der Waals surface area contributed by atoms with Crippen LogP contribution in [-0.4, -0.2) is 46.6 Å². The molecule has 0 saturated carbocycles. The van der Waals surface area contributed by atoms with Gasteiger partial charge in [0.25, 0.3) is 0 Å². The third-order valence-corrected chi connectivity index (χ3v) is 9.83. The molecule has 10 nitrogen and oxygen atoms in total. The van der Waals surface area contributed by atoms with Gasteiger partial charge >= 0.3 is 148 Å². The predicted octanol–water partition coefficient (Wildman–Crippen LogP) is 1.84. The Kier molecular flexibility index (Phi) is 2.98. The molecule has 0 saturated heterocycles. The second-order valence-corrected chi connectivity index (χ2v) is 9.71. The van der Waals surface area contributed by atoms with E-state index in [0.717, 1.165) is 0 Å². The fourth-order valence-corrected chi connectivity index (χ4v) is 8.61. The number of aromatic nitrogens is 10. The van der Waals surface area contributed by atoms with Gasteiger partial charge in [-0.15, -0.1) is 0 Å². The molecule has 0 aliphatic rings. The van der Waals surface area contributed by atoms with Crippen LogP contribution in [0.4, 0.5) is 0 Å². The molecule has 0 unspecified atom stereocenters. The maximum absolute atomic E-state index is 4.33.